The molecule has 0 N–H and O–H groups in total. The minimum absolute atomic E-state index is 0.310. The van der Waals surface area contributed by atoms with Crippen molar-refractivity contribution in [3.63, 3.8) is 0 Å². The van der Waals surface area contributed by atoms with Crippen molar-refractivity contribution < 1.29 is 14.3 Å². The number of carbonyl (C=O) groups excluding carboxylic acids is 1. The van der Waals surface area contributed by atoms with Gasteiger partial charge in [0.2, 0.25) is 0 Å². The number of benzene rings is 3. The zero-order valence-corrected chi connectivity index (χ0v) is 17.8. The summed E-state index contributed by atoms with van der Waals surface area (Å²) in [4.78, 5) is 15.1. The lowest BCUT2D eigenvalue weighted by Gasteiger charge is -2.37. The lowest BCUT2D eigenvalue weighted by molar-refractivity contribution is 0.0224. The lowest BCUT2D eigenvalue weighted by Crippen LogP contribution is -2.33. The molecule has 0 saturated carbocycles. The van der Waals surface area contributed by atoms with Crippen LogP contribution in [-0.2, 0) is 10.3 Å². The summed E-state index contributed by atoms with van der Waals surface area (Å²) in [6.45, 7) is 6.07. The van der Waals surface area contributed by atoms with E-state index in [1.165, 1.54) is 0 Å². The lowest BCUT2D eigenvalue weighted by atomic mass is 9.77. The van der Waals surface area contributed by atoms with Gasteiger partial charge in [0.15, 0.2) is 5.60 Å². The van der Waals surface area contributed by atoms with Crippen molar-refractivity contribution in [3.05, 3.63) is 87.4 Å². The van der Waals surface area contributed by atoms with E-state index in [9.17, 15) is 4.79 Å². The molecule has 5 rings (SSSR count). The van der Waals surface area contributed by atoms with Gasteiger partial charge >= 0.3 is 5.97 Å². The smallest absolute Gasteiger partial charge is 0.340 e. The standard InChI is InChI=1S/C24H20BrNO3/c1-3-26(4-2)16-10-12-20-22(14-16)28-21-13-15(25)9-11-19(21)24(20)18-8-6-5-7-17(18)23(27)29-24/h5-14H,3-4H2,1-2H3/t24-/m0/s1. The molecule has 146 valence electrons. The Morgan fingerprint density at radius 3 is 2.34 bits per heavy atom. The Hall–Kier alpha value is -2.79. The number of fused-ring (bicyclic) bond motifs is 6. The van der Waals surface area contributed by atoms with Crippen LogP contribution in [0, 0.1) is 0 Å². The van der Waals surface area contributed by atoms with Crippen LogP contribution in [0.4, 0.5) is 5.69 Å². The molecule has 1 spiro atoms. The summed E-state index contributed by atoms with van der Waals surface area (Å²) in [6.07, 6.45) is 0. The predicted octanol–water partition coefficient (Wildman–Crippen LogP) is 5.86. The Morgan fingerprint density at radius 2 is 1.59 bits per heavy atom. The van der Waals surface area contributed by atoms with Crippen LogP contribution >= 0.6 is 15.9 Å². The molecule has 0 amide bonds. The largest absolute Gasteiger partial charge is 0.456 e. The summed E-state index contributed by atoms with van der Waals surface area (Å²) in [5.74, 6) is 1.09. The molecule has 0 radical (unpaired) electrons. The second-order valence-corrected chi connectivity index (χ2v) is 8.13. The zero-order valence-electron chi connectivity index (χ0n) is 16.2. The molecule has 2 aliphatic rings. The van der Waals surface area contributed by atoms with E-state index >= 15 is 0 Å². The highest BCUT2D eigenvalue weighted by Crippen LogP contribution is 2.56. The van der Waals surface area contributed by atoms with Crippen LogP contribution in [0.1, 0.15) is 40.9 Å². The summed E-state index contributed by atoms with van der Waals surface area (Å²) in [6, 6.07) is 19.6. The van der Waals surface area contributed by atoms with E-state index in [2.05, 4.69) is 40.7 Å². The number of hydrogen-bond acceptors (Lipinski definition) is 4. The van der Waals surface area contributed by atoms with Crippen LogP contribution < -0.4 is 9.64 Å². The van der Waals surface area contributed by atoms with Crippen molar-refractivity contribution in [1.29, 1.82) is 0 Å². The molecule has 0 bridgehead atoms. The van der Waals surface area contributed by atoms with Crippen LogP contribution in [-0.4, -0.2) is 19.1 Å². The van der Waals surface area contributed by atoms with Gasteiger partial charge in [0.25, 0.3) is 0 Å². The molecule has 4 nitrogen and oxygen atoms in total. The molecule has 0 unspecified atom stereocenters. The molecule has 2 heterocycles. The average molecular weight is 450 g/mol. The van der Waals surface area contributed by atoms with Gasteiger partial charge in [-0.05, 0) is 50.2 Å². The van der Waals surface area contributed by atoms with Gasteiger partial charge in [0, 0.05) is 46.0 Å². The third-order valence-electron chi connectivity index (χ3n) is 5.79. The first-order chi connectivity index (χ1) is 14.1. The quantitative estimate of drug-likeness (QED) is 0.469. The second kappa shape index (κ2) is 6.63. The van der Waals surface area contributed by atoms with Crippen molar-refractivity contribution in [3.8, 4) is 11.5 Å². The molecule has 1 atom stereocenters. The molecule has 5 heteroatoms. The SMILES string of the molecule is CCN(CC)c1ccc2c(c1)Oc1cc(Br)ccc1[C@]21OC(=O)c2ccccc21. The van der Waals surface area contributed by atoms with E-state index in [1.807, 2.05) is 54.6 Å². The van der Waals surface area contributed by atoms with Gasteiger partial charge < -0.3 is 14.4 Å². The maximum Gasteiger partial charge on any atom is 0.340 e. The van der Waals surface area contributed by atoms with Gasteiger partial charge in [0.05, 0.1) is 5.56 Å². The van der Waals surface area contributed by atoms with Crippen LogP contribution in [0.2, 0.25) is 0 Å². The number of nitrogens with zero attached hydrogens (tertiary/aromatic N) is 1. The van der Waals surface area contributed by atoms with E-state index in [1.54, 1.807) is 0 Å². The number of anilines is 1. The molecule has 2 aliphatic heterocycles. The van der Waals surface area contributed by atoms with Crippen LogP contribution in [0.5, 0.6) is 11.5 Å². The molecule has 0 aromatic heterocycles. The van der Waals surface area contributed by atoms with Gasteiger partial charge in [-0.2, -0.15) is 0 Å². The van der Waals surface area contributed by atoms with Crippen LogP contribution in [0.3, 0.4) is 0 Å². The summed E-state index contributed by atoms with van der Waals surface area (Å²) >= 11 is 3.54. The summed E-state index contributed by atoms with van der Waals surface area (Å²) in [7, 11) is 0. The fraction of sp³-hybridized carbons (Fsp3) is 0.208. The van der Waals surface area contributed by atoms with Crippen molar-refractivity contribution in [1.82, 2.24) is 0 Å². The minimum Gasteiger partial charge on any atom is -0.456 e. The minimum atomic E-state index is -1.00. The first-order valence-corrected chi connectivity index (χ1v) is 10.6. The molecule has 3 aromatic carbocycles. The monoisotopic (exact) mass is 449 g/mol. The molecule has 0 fully saturated rings. The highest BCUT2D eigenvalue weighted by Gasteiger charge is 2.53. The van der Waals surface area contributed by atoms with E-state index in [0.29, 0.717) is 17.1 Å². The van der Waals surface area contributed by atoms with Crippen molar-refractivity contribution in [2.24, 2.45) is 0 Å². The third-order valence-corrected chi connectivity index (χ3v) is 6.28. The summed E-state index contributed by atoms with van der Waals surface area (Å²) in [5, 5.41) is 0. The Balaban J connectivity index is 1.80. The number of hydrogen-bond donors (Lipinski definition) is 0. The Labute approximate surface area is 178 Å². The number of esters is 1. The molecule has 0 saturated heterocycles. The molecular weight excluding hydrogens is 430 g/mol. The van der Waals surface area contributed by atoms with E-state index in [-0.39, 0.29) is 5.97 Å². The second-order valence-electron chi connectivity index (χ2n) is 7.21. The van der Waals surface area contributed by atoms with Gasteiger partial charge in [-0.3, -0.25) is 0 Å². The Kier molecular flexibility index (Phi) is 4.17. The molecular formula is C24H20BrNO3. The summed E-state index contributed by atoms with van der Waals surface area (Å²) in [5.41, 5.74) is 3.22. The van der Waals surface area contributed by atoms with E-state index in [4.69, 9.17) is 9.47 Å². The highest BCUT2D eigenvalue weighted by atomic mass is 79.9. The molecule has 29 heavy (non-hydrogen) atoms. The number of rotatable bonds is 3. The van der Waals surface area contributed by atoms with Crippen LogP contribution in [0.25, 0.3) is 0 Å². The maximum absolute atomic E-state index is 12.8. The van der Waals surface area contributed by atoms with Crippen molar-refractivity contribution in [2.45, 2.75) is 19.4 Å². The number of ether oxygens (including phenoxy) is 2. The average Bonchev–Trinajstić information content (AvgIpc) is 3.02. The van der Waals surface area contributed by atoms with Gasteiger partial charge in [-0.25, -0.2) is 4.79 Å². The Bertz CT molecular complexity index is 1140. The first kappa shape index (κ1) is 18.3. The van der Waals surface area contributed by atoms with E-state index < -0.39 is 5.60 Å². The van der Waals surface area contributed by atoms with Gasteiger partial charge in [0.1, 0.15) is 11.5 Å². The zero-order chi connectivity index (χ0) is 20.2. The number of halogens is 1. The first-order valence-electron chi connectivity index (χ1n) is 9.78. The maximum atomic E-state index is 12.8. The van der Waals surface area contributed by atoms with Crippen molar-refractivity contribution in [2.75, 3.05) is 18.0 Å². The Morgan fingerprint density at radius 1 is 0.897 bits per heavy atom. The molecule has 3 aromatic rings. The topological polar surface area (TPSA) is 38.8 Å². The fourth-order valence-electron chi connectivity index (χ4n) is 4.42. The van der Waals surface area contributed by atoms with Gasteiger partial charge in [-0.15, -0.1) is 0 Å². The van der Waals surface area contributed by atoms with Gasteiger partial charge in [-0.1, -0.05) is 34.1 Å². The number of carbonyl (C=O) groups is 1. The summed E-state index contributed by atoms with van der Waals surface area (Å²) < 4.78 is 13.4. The van der Waals surface area contributed by atoms with E-state index in [0.717, 1.165) is 39.9 Å². The fourth-order valence-corrected chi connectivity index (χ4v) is 4.76. The van der Waals surface area contributed by atoms with Crippen molar-refractivity contribution >= 4 is 27.6 Å². The highest BCUT2D eigenvalue weighted by molar-refractivity contribution is 9.10. The molecule has 0 aliphatic carbocycles. The predicted molar refractivity (Wildman–Crippen MR) is 116 cm³/mol. The van der Waals surface area contributed by atoms with Crippen LogP contribution in [0.15, 0.2) is 65.1 Å². The third kappa shape index (κ3) is 2.53. The normalized spacial score (nSPS) is 18.5.